The van der Waals surface area contributed by atoms with Gasteiger partial charge in [0.25, 0.3) is 11.7 Å². The molecule has 3 N–H and O–H groups in total. The number of aromatic amines is 1. The number of amides is 1. The Morgan fingerprint density at radius 2 is 2.00 bits per heavy atom. The van der Waals surface area contributed by atoms with Gasteiger partial charge in [-0.25, -0.2) is 9.99 Å². The molecule has 0 saturated heterocycles. The lowest BCUT2D eigenvalue weighted by Gasteiger charge is -2.08. The third-order valence-electron chi connectivity index (χ3n) is 4.79. The van der Waals surface area contributed by atoms with Gasteiger partial charge in [0.15, 0.2) is 23.0 Å². The number of benzene rings is 2. The molecule has 3 aromatic rings. The highest BCUT2D eigenvalue weighted by Crippen LogP contribution is 2.31. The van der Waals surface area contributed by atoms with Crippen LogP contribution < -0.4 is 24.2 Å². The highest BCUT2D eigenvalue weighted by atomic mass is 32.2. The number of hydrazone groups is 1. The number of para-hydroxylation sites is 1. The van der Waals surface area contributed by atoms with Crippen LogP contribution in [-0.4, -0.2) is 54.0 Å². The molecule has 0 bridgehead atoms. The molecular formula is C23H28N5O5S+. The van der Waals surface area contributed by atoms with Crippen molar-refractivity contribution >= 4 is 23.9 Å². The third kappa shape index (κ3) is 5.79. The Bertz CT molecular complexity index is 1160. The van der Waals surface area contributed by atoms with Gasteiger partial charge in [0.2, 0.25) is 0 Å². The van der Waals surface area contributed by atoms with E-state index in [0.29, 0.717) is 41.1 Å². The first-order valence-electron chi connectivity index (χ1n) is 10.6. The number of phenolic OH excluding ortho intramolecular Hbond substituents is 1. The molecule has 2 aromatic carbocycles. The zero-order valence-electron chi connectivity index (χ0n) is 19.5. The lowest BCUT2D eigenvalue weighted by Crippen LogP contribution is -2.36. The number of H-pyrrole nitrogens is 1. The molecule has 3 rings (SSSR count). The number of phenols is 1. The number of carbonyl (C=O) groups is 1. The minimum absolute atomic E-state index is 0.0278. The van der Waals surface area contributed by atoms with E-state index >= 15 is 0 Å². The maximum Gasteiger partial charge on any atom is 0.337 e. The van der Waals surface area contributed by atoms with Crippen LogP contribution in [0.1, 0.15) is 19.4 Å². The zero-order valence-corrected chi connectivity index (χ0v) is 20.3. The molecule has 1 heterocycles. The van der Waals surface area contributed by atoms with Crippen LogP contribution in [0.3, 0.4) is 0 Å². The number of ether oxygens (including phenoxy) is 3. The normalized spacial score (nSPS) is 10.9. The van der Waals surface area contributed by atoms with Gasteiger partial charge in [0, 0.05) is 5.56 Å². The number of methoxy groups -OCH3 is 2. The number of aromatic nitrogens is 3. The number of hydrogen-bond donors (Lipinski definition) is 3. The smallest absolute Gasteiger partial charge is 0.337 e. The lowest BCUT2D eigenvalue weighted by atomic mass is 10.2. The van der Waals surface area contributed by atoms with Crippen LogP contribution in [0.4, 0.5) is 0 Å². The molecule has 0 spiro atoms. The summed E-state index contributed by atoms with van der Waals surface area (Å²) < 4.78 is 18.0. The van der Waals surface area contributed by atoms with Crippen LogP contribution in [0.25, 0.3) is 11.4 Å². The SMILES string of the molecule is CCOc1cccc(C=NNC(=O)CSc2n[nH]c(-c3ccc(OC)c(OC)c3)[n+]2CC)c1O. The average molecular weight is 487 g/mol. The van der Waals surface area contributed by atoms with Crippen molar-refractivity contribution in [2.24, 2.45) is 5.10 Å². The van der Waals surface area contributed by atoms with Crippen LogP contribution in [-0.2, 0) is 11.3 Å². The Labute approximate surface area is 201 Å². The van der Waals surface area contributed by atoms with E-state index in [9.17, 15) is 9.90 Å². The van der Waals surface area contributed by atoms with Gasteiger partial charge in [-0.1, -0.05) is 6.07 Å². The van der Waals surface area contributed by atoms with Crippen LogP contribution in [0, 0.1) is 0 Å². The minimum atomic E-state index is -0.306. The molecule has 0 aliphatic heterocycles. The van der Waals surface area contributed by atoms with Gasteiger partial charge in [-0.3, -0.25) is 4.79 Å². The summed E-state index contributed by atoms with van der Waals surface area (Å²) in [4.78, 5) is 12.3. The van der Waals surface area contributed by atoms with E-state index in [4.69, 9.17) is 14.2 Å². The molecule has 0 unspecified atom stereocenters. The Balaban J connectivity index is 1.64. The van der Waals surface area contributed by atoms with Crippen LogP contribution in [0.15, 0.2) is 46.7 Å². The minimum Gasteiger partial charge on any atom is -0.504 e. The van der Waals surface area contributed by atoms with Crippen LogP contribution >= 0.6 is 11.8 Å². The second-order valence-corrected chi connectivity index (χ2v) is 7.82. The maximum atomic E-state index is 12.3. The molecule has 1 aromatic heterocycles. The zero-order chi connectivity index (χ0) is 24.5. The first kappa shape index (κ1) is 24.9. The molecule has 0 aliphatic carbocycles. The first-order valence-corrected chi connectivity index (χ1v) is 11.6. The molecule has 0 aliphatic rings. The summed E-state index contributed by atoms with van der Waals surface area (Å²) in [5.41, 5.74) is 3.78. The van der Waals surface area contributed by atoms with Crippen molar-refractivity contribution in [3.63, 3.8) is 0 Å². The van der Waals surface area contributed by atoms with E-state index in [2.05, 4.69) is 20.7 Å². The second kappa shape index (κ2) is 11.9. The van der Waals surface area contributed by atoms with Crippen molar-refractivity contribution in [2.45, 2.75) is 25.5 Å². The molecule has 180 valence electrons. The monoisotopic (exact) mass is 486 g/mol. The molecule has 0 radical (unpaired) electrons. The topological polar surface area (TPSA) is 122 Å². The van der Waals surface area contributed by atoms with Gasteiger partial charge in [-0.2, -0.15) is 5.10 Å². The predicted octanol–water partition coefficient (Wildman–Crippen LogP) is 2.75. The van der Waals surface area contributed by atoms with E-state index in [1.165, 1.54) is 18.0 Å². The van der Waals surface area contributed by atoms with Gasteiger partial charge >= 0.3 is 5.16 Å². The number of thioether (sulfide) groups is 1. The molecule has 0 fully saturated rings. The van der Waals surface area contributed by atoms with Crippen LogP contribution in [0.5, 0.6) is 23.0 Å². The largest absolute Gasteiger partial charge is 0.504 e. The van der Waals surface area contributed by atoms with Gasteiger partial charge in [-0.15, -0.1) is 5.10 Å². The standard InChI is InChI=1S/C23H27N5O5S/c1-5-28-22(15-10-11-17(31-3)19(12-15)32-4)26-27-23(28)34-14-20(29)25-24-13-16-8-7-9-18(21(16)30)33-6-2/h7-13H,5-6,14H2,1-4H3,(H2,24,25,29,30)/p+1. The molecule has 10 nitrogen and oxygen atoms in total. The van der Waals surface area contributed by atoms with Crippen molar-refractivity contribution in [3.8, 4) is 34.4 Å². The van der Waals surface area contributed by atoms with Gasteiger partial charge in [0.05, 0.1) is 50.0 Å². The highest BCUT2D eigenvalue weighted by Gasteiger charge is 2.22. The molecule has 0 saturated carbocycles. The van der Waals surface area contributed by atoms with E-state index in [0.717, 1.165) is 11.4 Å². The summed E-state index contributed by atoms with van der Waals surface area (Å²) in [6.45, 7) is 4.91. The van der Waals surface area contributed by atoms with Gasteiger partial charge in [-0.05, 0) is 55.9 Å². The number of nitrogens with one attached hydrogen (secondary N) is 2. The van der Waals surface area contributed by atoms with Crippen molar-refractivity contribution in [2.75, 3.05) is 26.6 Å². The molecule has 11 heteroatoms. The first-order chi connectivity index (χ1) is 16.5. The Morgan fingerprint density at radius 1 is 1.21 bits per heavy atom. The summed E-state index contributed by atoms with van der Waals surface area (Å²) in [5.74, 6) is 2.17. The number of rotatable bonds is 11. The number of carbonyl (C=O) groups excluding carboxylic acids is 1. The van der Waals surface area contributed by atoms with Gasteiger partial charge < -0.3 is 19.3 Å². The summed E-state index contributed by atoms with van der Waals surface area (Å²) in [6.07, 6.45) is 1.37. The highest BCUT2D eigenvalue weighted by molar-refractivity contribution is 7.99. The Kier molecular flexibility index (Phi) is 8.74. The van der Waals surface area contributed by atoms with E-state index < -0.39 is 0 Å². The Hall–Kier alpha value is -3.73. The summed E-state index contributed by atoms with van der Waals surface area (Å²) in [5, 5.41) is 22.2. The van der Waals surface area contributed by atoms with E-state index in [1.54, 1.807) is 32.4 Å². The van der Waals surface area contributed by atoms with E-state index in [1.807, 2.05) is 36.6 Å². The fraction of sp³-hybridized carbons (Fsp3) is 0.304. The number of nitrogens with zero attached hydrogens (tertiary/aromatic N) is 3. The average Bonchev–Trinajstić information content (AvgIpc) is 3.27. The van der Waals surface area contributed by atoms with Crippen molar-refractivity contribution in [3.05, 3.63) is 42.0 Å². The quantitative estimate of drug-likeness (QED) is 0.165. The van der Waals surface area contributed by atoms with Gasteiger partial charge in [0.1, 0.15) is 0 Å². The summed E-state index contributed by atoms with van der Waals surface area (Å²) >= 11 is 1.28. The fourth-order valence-corrected chi connectivity index (χ4v) is 3.99. The summed E-state index contributed by atoms with van der Waals surface area (Å²) in [6, 6.07) is 10.7. The number of hydrogen-bond acceptors (Lipinski definition) is 8. The predicted molar refractivity (Wildman–Crippen MR) is 129 cm³/mol. The number of aromatic hydroxyl groups is 1. The van der Waals surface area contributed by atoms with Crippen molar-refractivity contribution in [1.29, 1.82) is 0 Å². The molecular weight excluding hydrogens is 458 g/mol. The lowest BCUT2D eigenvalue weighted by molar-refractivity contribution is -0.719. The van der Waals surface area contributed by atoms with Crippen molar-refractivity contribution in [1.82, 2.24) is 15.6 Å². The second-order valence-electron chi connectivity index (χ2n) is 6.88. The fourth-order valence-electron chi connectivity index (χ4n) is 3.18. The maximum absolute atomic E-state index is 12.3. The van der Waals surface area contributed by atoms with Crippen molar-refractivity contribution < 1.29 is 28.7 Å². The summed E-state index contributed by atoms with van der Waals surface area (Å²) in [7, 11) is 3.17. The van der Waals surface area contributed by atoms with Crippen LogP contribution in [0.2, 0.25) is 0 Å². The van der Waals surface area contributed by atoms with E-state index in [-0.39, 0.29) is 17.4 Å². The molecule has 1 amide bonds. The third-order valence-corrected chi connectivity index (χ3v) is 5.76. The Morgan fingerprint density at radius 3 is 2.71 bits per heavy atom. The molecule has 0 atom stereocenters. The molecule has 34 heavy (non-hydrogen) atoms.